The summed E-state index contributed by atoms with van der Waals surface area (Å²) in [6.07, 6.45) is 9.71. The zero-order chi connectivity index (χ0) is 15.5. The largest absolute Gasteiger partial charge is 0.349 e. The molecule has 2 aliphatic rings. The van der Waals surface area contributed by atoms with Crippen molar-refractivity contribution in [3.8, 4) is 0 Å². The number of likely N-dealkylation sites (tertiary alicyclic amines) is 2. The van der Waals surface area contributed by atoms with Gasteiger partial charge >= 0.3 is 0 Å². The first-order valence-corrected chi connectivity index (χ1v) is 8.13. The van der Waals surface area contributed by atoms with Crippen LogP contribution in [0.2, 0.25) is 0 Å². The molecule has 3 heterocycles. The lowest BCUT2D eigenvalue weighted by atomic mass is 10.0. The van der Waals surface area contributed by atoms with Gasteiger partial charge in [0.2, 0.25) is 5.91 Å². The first-order valence-electron chi connectivity index (χ1n) is 8.13. The van der Waals surface area contributed by atoms with Crippen molar-refractivity contribution in [3.63, 3.8) is 0 Å². The number of nitrogens with zero attached hydrogens (tertiary/aromatic N) is 5. The maximum absolute atomic E-state index is 12.7. The molecule has 3 rings (SSSR count). The fourth-order valence-electron chi connectivity index (χ4n) is 3.79. The molecule has 2 atom stereocenters. The number of likely N-dealkylation sites (N-methyl/N-ethyl adjacent to an activating group) is 2. The van der Waals surface area contributed by atoms with Crippen LogP contribution in [-0.2, 0) is 4.79 Å². The SMILES string of the molecule is CN(CC(=O)N1CCC[C@H]1[C@H]1CCCN1C)c1cnccn1. The predicted octanol–water partition coefficient (Wildman–Crippen LogP) is 0.998. The zero-order valence-corrected chi connectivity index (χ0v) is 13.5. The molecule has 2 aliphatic heterocycles. The molecule has 6 nitrogen and oxygen atoms in total. The molecule has 22 heavy (non-hydrogen) atoms. The molecule has 1 aromatic heterocycles. The highest BCUT2D eigenvalue weighted by atomic mass is 16.2. The molecular weight excluding hydrogens is 278 g/mol. The van der Waals surface area contributed by atoms with E-state index in [4.69, 9.17) is 0 Å². The van der Waals surface area contributed by atoms with E-state index >= 15 is 0 Å². The van der Waals surface area contributed by atoms with Crippen LogP contribution in [0.25, 0.3) is 0 Å². The maximum Gasteiger partial charge on any atom is 0.242 e. The topological polar surface area (TPSA) is 52.6 Å². The molecule has 6 heteroatoms. The summed E-state index contributed by atoms with van der Waals surface area (Å²) in [4.78, 5) is 27.4. The molecule has 0 spiro atoms. The van der Waals surface area contributed by atoms with Crippen LogP contribution in [0.3, 0.4) is 0 Å². The highest BCUT2D eigenvalue weighted by molar-refractivity contribution is 5.81. The lowest BCUT2D eigenvalue weighted by Gasteiger charge is -2.34. The van der Waals surface area contributed by atoms with Crippen molar-refractivity contribution in [2.75, 3.05) is 38.6 Å². The van der Waals surface area contributed by atoms with Gasteiger partial charge in [0.15, 0.2) is 0 Å². The number of amides is 1. The molecule has 0 radical (unpaired) electrons. The van der Waals surface area contributed by atoms with Gasteiger partial charge < -0.3 is 14.7 Å². The monoisotopic (exact) mass is 303 g/mol. The van der Waals surface area contributed by atoms with Crippen molar-refractivity contribution in [1.29, 1.82) is 0 Å². The fraction of sp³-hybridized carbons (Fsp3) is 0.688. The Bertz CT molecular complexity index is 509. The summed E-state index contributed by atoms with van der Waals surface area (Å²) in [5.41, 5.74) is 0. The number of carbonyl (C=O) groups excluding carboxylic acids is 1. The Labute approximate surface area is 132 Å². The summed E-state index contributed by atoms with van der Waals surface area (Å²) in [7, 11) is 4.08. The molecule has 120 valence electrons. The van der Waals surface area contributed by atoms with Crippen molar-refractivity contribution in [2.24, 2.45) is 0 Å². The average Bonchev–Trinajstić information content (AvgIpc) is 3.16. The van der Waals surface area contributed by atoms with Crippen molar-refractivity contribution in [1.82, 2.24) is 19.8 Å². The Hall–Kier alpha value is -1.69. The van der Waals surface area contributed by atoms with E-state index in [2.05, 4.69) is 26.8 Å². The number of hydrogen-bond acceptors (Lipinski definition) is 5. The van der Waals surface area contributed by atoms with E-state index < -0.39 is 0 Å². The van der Waals surface area contributed by atoms with Gasteiger partial charge in [0.25, 0.3) is 0 Å². The third-order valence-electron chi connectivity index (χ3n) is 4.95. The summed E-state index contributed by atoms with van der Waals surface area (Å²) in [6.45, 7) is 2.41. The summed E-state index contributed by atoms with van der Waals surface area (Å²) >= 11 is 0. The Balaban J connectivity index is 1.63. The summed E-state index contributed by atoms with van der Waals surface area (Å²) in [5, 5.41) is 0. The van der Waals surface area contributed by atoms with Crippen molar-refractivity contribution in [3.05, 3.63) is 18.6 Å². The first kappa shape index (κ1) is 15.2. The molecule has 1 amide bonds. The standard InChI is InChI=1S/C16H25N5O/c1-19-9-3-5-13(19)14-6-4-10-21(14)16(22)12-20(2)15-11-17-7-8-18-15/h7-8,11,13-14H,3-6,9-10,12H2,1-2H3/t13-,14+/m1/s1. The van der Waals surface area contributed by atoms with E-state index in [1.54, 1.807) is 18.6 Å². The molecular formula is C16H25N5O. The normalized spacial score (nSPS) is 25.6. The number of carbonyl (C=O) groups is 1. The molecule has 0 N–H and O–H groups in total. The van der Waals surface area contributed by atoms with Crippen LogP contribution in [0.15, 0.2) is 18.6 Å². The fourth-order valence-corrected chi connectivity index (χ4v) is 3.79. The second-order valence-corrected chi connectivity index (χ2v) is 6.41. The van der Waals surface area contributed by atoms with Crippen molar-refractivity contribution < 1.29 is 4.79 Å². The Morgan fingerprint density at radius 3 is 2.73 bits per heavy atom. The van der Waals surface area contributed by atoms with Gasteiger partial charge in [-0.2, -0.15) is 0 Å². The van der Waals surface area contributed by atoms with Crippen molar-refractivity contribution >= 4 is 11.7 Å². The van der Waals surface area contributed by atoms with Crippen LogP contribution >= 0.6 is 0 Å². The zero-order valence-electron chi connectivity index (χ0n) is 13.5. The highest BCUT2D eigenvalue weighted by Crippen LogP contribution is 2.29. The van der Waals surface area contributed by atoms with E-state index in [1.807, 2.05) is 11.9 Å². The summed E-state index contributed by atoms with van der Waals surface area (Å²) in [6, 6.07) is 0.920. The minimum Gasteiger partial charge on any atom is -0.349 e. The van der Waals surface area contributed by atoms with Crippen LogP contribution < -0.4 is 4.90 Å². The number of anilines is 1. The third-order valence-corrected chi connectivity index (χ3v) is 4.95. The smallest absolute Gasteiger partial charge is 0.242 e. The number of rotatable bonds is 4. The van der Waals surface area contributed by atoms with E-state index in [0.717, 1.165) is 31.7 Å². The van der Waals surface area contributed by atoms with Crippen LogP contribution in [0.5, 0.6) is 0 Å². The Morgan fingerprint density at radius 1 is 1.27 bits per heavy atom. The van der Waals surface area contributed by atoms with Gasteiger partial charge in [-0.05, 0) is 39.3 Å². The molecule has 0 bridgehead atoms. The Kier molecular flexibility index (Phi) is 4.57. The molecule has 0 aromatic carbocycles. The Morgan fingerprint density at radius 2 is 2.05 bits per heavy atom. The second-order valence-electron chi connectivity index (χ2n) is 6.41. The second kappa shape index (κ2) is 6.60. The van der Waals surface area contributed by atoms with Gasteiger partial charge in [0.05, 0.1) is 12.7 Å². The molecule has 0 unspecified atom stereocenters. The van der Waals surface area contributed by atoms with Crippen molar-refractivity contribution in [2.45, 2.75) is 37.8 Å². The first-order chi connectivity index (χ1) is 10.7. The quantitative estimate of drug-likeness (QED) is 0.830. The maximum atomic E-state index is 12.7. The number of aromatic nitrogens is 2. The molecule has 2 fully saturated rings. The van der Waals surface area contributed by atoms with Gasteiger partial charge in [-0.25, -0.2) is 4.98 Å². The summed E-state index contributed by atoms with van der Waals surface area (Å²) in [5.74, 6) is 0.945. The van der Waals surface area contributed by atoms with Crippen LogP contribution in [0.1, 0.15) is 25.7 Å². The minimum atomic E-state index is 0.205. The van der Waals surface area contributed by atoms with Gasteiger partial charge in [-0.1, -0.05) is 0 Å². The molecule has 0 saturated carbocycles. The predicted molar refractivity (Wildman–Crippen MR) is 85.7 cm³/mol. The molecule has 1 aromatic rings. The number of hydrogen-bond donors (Lipinski definition) is 0. The lowest BCUT2D eigenvalue weighted by Crippen LogP contribution is -2.49. The van der Waals surface area contributed by atoms with Crippen LogP contribution in [-0.4, -0.2) is 71.5 Å². The van der Waals surface area contributed by atoms with Gasteiger partial charge in [-0.15, -0.1) is 0 Å². The molecule has 0 aliphatic carbocycles. The summed E-state index contributed by atoms with van der Waals surface area (Å²) < 4.78 is 0. The third kappa shape index (κ3) is 3.06. The van der Waals surface area contributed by atoms with Crippen LogP contribution in [0.4, 0.5) is 5.82 Å². The van der Waals surface area contributed by atoms with Gasteiger partial charge in [0.1, 0.15) is 5.82 Å². The van der Waals surface area contributed by atoms with E-state index in [9.17, 15) is 4.79 Å². The average molecular weight is 303 g/mol. The highest BCUT2D eigenvalue weighted by Gasteiger charge is 2.38. The molecule has 2 saturated heterocycles. The lowest BCUT2D eigenvalue weighted by molar-refractivity contribution is -0.131. The van der Waals surface area contributed by atoms with E-state index in [1.165, 1.54) is 12.8 Å². The van der Waals surface area contributed by atoms with Gasteiger partial charge in [0, 0.05) is 38.1 Å². The van der Waals surface area contributed by atoms with E-state index in [0.29, 0.717) is 18.6 Å². The van der Waals surface area contributed by atoms with E-state index in [-0.39, 0.29) is 5.91 Å². The van der Waals surface area contributed by atoms with Crippen LogP contribution in [0, 0.1) is 0 Å². The minimum absolute atomic E-state index is 0.205. The van der Waals surface area contributed by atoms with Gasteiger partial charge in [-0.3, -0.25) is 9.78 Å².